The molecular formula is C7H10N2. The fourth-order valence-electron chi connectivity index (χ4n) is 0.682. The van der Waals surface area contributed by atoms with Crippen molar-refractivity contribution in [3.8, 4) is 0 Å². The van der Waals surface area contributed by atoms with Gasteiger partial charge in [0.05, 0.1) is 0 Å². The van der Waals surface area contributed by atoms with Crippen LogP contribution >= 0.6 is 0 Å². The maximum Gasteiger partial charge on any atom is 0.0267 e. The summed E-state index contributed by atoms with van der Waals surface area (Å²) >= 11 is 0. The fraction of sp³-hybridized carbons (Fsp3) is 0.286. The summed E-state index contributed by atoms with van der Waals surface area (Å²) in [5.74, 6) is 0. The smallest absolute Gasteiger partial charge is 0.0267 e. The number of hydrogen-bond acceptors (Lipinski definition) is 2. The lowest BCUT2D eigenvalue weighted by Crippen LogP contribution is -2.01. The molecular weight excluding hydrogens is 112 g/mol. The lowest BCUT2D eigenvalue weighted by molar-refractivity contribution is 1.07. The SMILES string of the molecule is NCC1=CC=NC=CC1. The van der Waals surface area contributed by atoms with E-state index in [9.17, 15) is 0 Å². The number of aliphatic imine (C=N–C) groups is 1. The summed E-state index contributed by atoms with van der Waals surface area (Å²) in [6.45, 7) is 0.635. The van der Waals surface area contributed by atoms with E-state index in [1.807, 2.05) is 12.2 Å². The Balaban J connectivity index is 2.62. The molecule has 0 fully saturated rings. The first-order valence-electron chi connectivity index (χ1n) is 3.00. The third-order valence-electron chi connectivity index (χ3n) is 1.23. The van der Waals surface area contributed by atoms with Crippen molar-refractivity contribution in [3.63, 3.8) is 0 Å². The first-order valence-corrected chi connectivity index (χ1v) is 3.00. The van der Waals surface area contributed by atoms with Crippen LogP contribution in [0.25, 0.3) is 0 Å². The van der Waals surface area contributed by atoms with E-state index in [0.717, 1.165) is 6.42 Å². The maximum atomic E-state index is 5.41. The van der Waals surface area contributed by atoms with E-state index in [-0.39, 0.29) is 0 Å². The van der Waals surface area contributed by atoms with Gasteiger partial charge in [0.1, 0.15) is 0 Å². The Morgan fingerprint density at radius 2 is 2.56 bits per heavy atom. The molecule has 2 N–H and O–H groups in total. The minimum Gasteiger partial charge on any atom is -0.327 e. The average molecular weight is 122 g/mol. The first-order chi connectivity index (χ1) is 4.43. The molecule has 0 radical (unpaired) electrons. The van der Waals surface area contributed by atoms with Gasteiger partial charge in [0.25, 0.3) is 0 Å². The minimum atomic E-state index is 0.635. The van der Waals surface area contributed by atoms with Gasteiger partial charge < -0.3 is 5.73 Å². The highest BCUT2D eigenvalue weighted by Gasteiger charge is 1.90. The van der Waals surface area contributed by atoms with Crippen LogP contribution in [-0.2, 0) is 0 Å². The Morgan fingerprint density at radius 1 is 1.67 bits per heavy atom. The molecule has 0 saturated carbocycles. The lowest BCUT2D eigenvalue weighted by Gasteiger charge is -1.93. The highest BCUT2D eigenvalue weighted by molar-refractivity contribution is 5.73. The average Bonchev–Trinajstić information content (AvgIpc) is 2.13. The van der Waals surface area contributed by atoms with Gasteiger partial charge in [-0.25, -0.2) is 0 Å². The fourth-order valence-corrected chi connectivity index (χ4v) is 0.682. The third-order valence-corrected chi connectivity index (χ3v) is 1.23. The molecule has 1 aliphatic heterocycles. The topological polar surface area (TPSA) is 38.4 Å². The second-order valence-electron chi connectivity index (χ2n) is 1.92. The van der Waals surface area contributed by atoms with Gasteiger partial charge in [-0.05, 0) is 12.5 Å². The molecule has 48 valence electrons. The van der Waals surface area contributed by atoms with Gasteiger partial charge in [-0.15, -0.1) is 0 Å². The Hall–Kier alpha value is -0.890. The number of allylic oxidation sites excluding steroid dienone is 2. The number of rotatable bonds is 1. The second-order valence-corrected chi connectivity index (χ2v) is 1.92. The van der Waals surface area contributed by atoms with Crippen LogP contribution in [0.2, 0.25) is 0 Å². The maximum absolute atomic E-state index is 5.41. The van der Waals surface area contributed by atoms with Gasteiger partial charge >= 0.3 is 0 Å². The van der Waals surface area contributed by atoms with Crippen molar-refractivity contribution in [1.82, 2.24) is 0 Å². The Morgan fingerprint density at radius 3 is 3.33 bits per heavy atom. The normalized spacial score (nSPS) is 17.2. The predicted octanol–water partition coefficient (Wildman–Crippen LogP) is 0.860. The van der Waals surface area contributed by atoms with Gasteiger partial charge in [-0.2, -0.15) is 0 Å². The van der Waals surface area contributed by atoms with E-state index in [2.05, 4.69) is 4.99 Å². The van der Waals surface area contributed by atoms with Crippen LogP contribution in [0.4, 0.5) is 0 Å². The third kappa shape index (κ3) is 1.82. The lowest BCUT2D eigenvalue weighted by atomic mass is 10.2. The van der Waals surface area contributed by atoms with Gasteiger partial charge in [-0.3, -0.25) is 4.99 Å². The van der Waals surface area contributed by atoms with E-state index in [1.54, 1.807) is 12.4 Å². The van der Waals surface area contributed by atoms with Crippen molar-refractivity contribution < 1.29 is 0 Å². The van der Waals surface area contributed by atoms with Gasteiger partial charge in [0.15, 0.2) is 0 Å². The van der Waals surface area contributed by atoms with Crippen molar-refractivity contribution in [3.05, 3.63) is 23.9 Å². The van der Waals surface area contributed by atoms with Crippen LogP contribution < -0.4 is 5.73 Å². The van der Waals surface area contributed by atoms with Crippen molar-refractivity contribution >= 4 is 6.21 Å². The Kier molecular flexibility index (Phi) is 2.22. The number of nitrogens with zero attached hydrogens (tertiary/aromatic N) is 1. The van der Waals surface area contributed by atoms with Crippen LogP contribution in [0.15, 0.2) is 28.9 Å². The largest absolute Gasteiger partial charge is 0.327 e. The summed E-state index contributed by atoms with van der Waals surface area (Å²) in [6.07, 6.45) is 8.46. The van der Waals surface area contributed by atoms with Crippen LogP contribution in [-0.4, -0.2) is 12.8 Å². The summed E-state index contributed by atoms with van der Waals surface area (Å²) in [5, 5.41) is 0. The summed E-state index contributed by atoms with van der Waals surface area (Å²) < 4.78 is 0. The molecule has 2 nitrogen and oxygen atoms in total. The van der Waals surface area contributed by atoms with E-state index in [4.69, 9.17) is 5.73 Å². The Labute approximate surface area is 54.8 Å². The van der Waals surface area contributed by atoms with E-state index in [1.165, 1.54) is 5.57 Å². The highest BCUT2D eigenvalue weighted by atomic mass is 14.7. The molecule has 0 bridgehead atoms. The molecule has 0 amide bonds. The molecule has 9 heavy (non-hydrogen) atoms. The van der Waals surface area contributed by atoms with E-state index < -0.39 is 0 Å². The molecule has 1 rings (SSSR count). The van der Waals surface area contributed by atoms with Gasteiger partial charge in [0.2, 0.25) is 0 Å². The molecule has 0 aliphatic carbocycles. The number of hydrogen-bond donors (Lipinski definition) is 1. The molecule has 0 aromatic carbocycles. The van der Waals surface area contributed by atoms with Crippen LogP contribution in [0, 0.1) is 0 Å². The zero-order valence-electron chi connectivity index (χ0n) is 5.25. The monoisotopic (exact) mass is 122 g/mol. The molecule has 0 atom stereocenters. The molecule has 0 aromatic rings. The first kappa shape index (κ1) is 6.23. The Bertz CT molecular complexity index is 166. The van der Waals surface area contributed by atoms with Gasteiger partial charge in [-0.1, -0.05) is 11.6 Å². The van der Waals surface area contributed by atoms with Gasteiger partial charge in [0, 0.05) is 19.0 Å². The molecule has 0 unspecified atom stereocenters. The van der Waals surface area contributed by atoms with Crippen molar-refractivity contribution in [2.24, 2.45) is 10.7 Å². The molecule has 1 aliphatic rings. The zero-order valence-corrected chi connectivity index (χ0v) is 5.25. The van der Waals surface area contributed by atoms with Crippen LogP contribution in [0.1, 0.15) is 6.42 Å². The second kappa shape index (κ2) is 3.20. The summed E-state index contributed by atoms with van der Waals surface area (Å²) in [7, 11) is 0. The molecule has 0 aromatic heterocycles. The molecule has 1 heterocycles. The minimum absolute atomic E-state index is 0.635. The summed E-state index contributed by atoms with van der Waals surface area (Å²) in [4.78, 5) is 3.93. The highest BCUT2D eigenvalue weighted by Crippen LogP contribution is 2.01. The summed E-state index contributed by atoms with van der Waals surface area (Å²) in [6, 6.07) is 0. The standard InChI is InChI=1S/C7H10N2/c8-6-7-2-1-4-9-5-3-7/h1,3-5H,2,6,8H2. The van der Waals surface area contributed by atoms with Crippen molar-refractivity contribution in [2.45, 2.75) is 6.42 Å². The van der Waals surface area contributed by atoms with Crippen molar-refractivity contribution in [1.29, 1.82) is 0 Å². The quantitative estimate of drug-likeness (QED) is 0.550. The molecule has 0 saturated heterocycles. The predicted molar refractivity (Wildman–Crippen MR) is 39.4 cm³/mol. The van der Waals surface area contributed by atoms with Crippen LogP contribution in [0.5, 0.6) is 0 Å². The molecule has 0 spiro atoms. The van der Waals surface area contributed by atoms with E-state index >= 15 is 0 Å². The summed E-state index contributed by atoms with van der Waals surface area (Å²) in [5.41, 5.74) is 6.64. The van der Waals surface area contributed by atoms with Crippen molar-refractivity contribution in [2.75, 3.05) is 6.54 Å². The van der Waals surface area contributed by atoms with E-state index in [0.29, 0.717) is 6.54 Å². The zero-order chi connectivity index (χ0) is 6.53. The number of nitrogens with two attached hydrogens (primary N) is 1. The molecule has 2 heteroatoms. The van der Waals surface area contributed by atoms with Crippen LogP contribution in [0.3, 0.4) is 0 Å².